The van der Waals surface area contributed by atoms with Gasteiger partial charge in [-0.2, -0.15) is 0 Å². The van der Waals surface area contributed by atoms with E-state index in [0.717, 1.165) is 28.7 Å². The second-order valence-corrected chi connectivity index (χ2v) is 13.7. The van der Waals surface area contributed by atoms with Crippen LogP contribution in [0.5, 0.6) is 0 Å². The maximum Gasteiger partial charge on any atom is 0.0729 e. The van der Waals surface area contributed by atoms with Gasteiger partial charge in [0.05, 0.1) is 18.8 Å². The molecule has 2 rings (SSSR count). The Morgan fingerprint density at radius 2 is 1.28 bits per heavy atom. The molecule has 0 aliphatic heterocycles. The molecule has 0 saturated carbocycles. The topological polar surface area (TPSA) is 60.7 Å². The number of allylic oxidation sites excluding steroid dienone is 20. The highest BCUT2D eigenvalue weighted by Crippen LogP contribution is 2.42. The summed E-state index contributed by atoms with van der Waals surface area (Å²) in [6, 6.07) is 0. The first-order valence-electron chi connectivity index (χ1n) is 15.6. The van der Waals surface area contributed by atoms with Crippen LogP contribution in [-0.4, -0.2) is 34.1 Å². The van der Waals surface area contributed by atoms with Crippen LogP contribution < -0.4 is 0 Å². The van der Waals surface area contributed by atoms with Crippen molar-refractivity contribution in [2.24, 2.45) is 16.7 Å². The molecule has 0 aromatic carbocycles. The van der Waals surface area contributed by atoms with Crippen molar-refractivity contribution in [1.82, 2.24) is 0 Å². The molecular weight excluding hydrogens is 528 g/mol. The molecule has 0 saturated heterocycles. The molecule has 3 heteroatoms. The van der Waals surface area contributed by atoms with Gasteiger partial charge in [-0.25, -0.2) is 0 Å². The summed E-state index contributed by atoms with van der Waals surface area (Å²) in [5.74, 6) is 0.340. The van der Waals surface area contributed by atoms with Crippen molar-refractivity contribution in [2.45, 2.75) is 93.8 Å². The van der Waals surface area contributed by atoms with E-state index in [2.05, 4.69) is 147 Å². The third-order valence-electron chi connectivity index (χ3n) is 8.38. The van der Waals surface area contributed by atoms with E-state index >= 15 is 0 Å². The monoisotopic (exact) mass is 584 g/mol. The molecule has 3 N–H and O–H groups in total. The molecule has 43 heavy (non-hydrogen) atoms. The molecule has 0 heterocycles. The zero-order valence-electron chi connectivity index (χ0n) is 28.1. The van der Waals surface area contributed by atoms with Crippen LogP contribution in [0.2, 0.25) is 0 Å². The molecule has 0 aromatic heterocycles. The zero-order valence-corrected chi connectivity index (χ0v) is 28.1. The van der Waals surface area contributed by atoms with Crippen LogP contribution in [-0.2, 0) is 0 Å². The Hall–Kier alpha value is -2.98. The lowest BCUT2D eigenvalue weighted by Gasteiger charge is -2.38. The van der Waals surface area contributed by atoms with Crippen molar-refractivity contribution in [2.75, 3.05) is 6.61 Å². The van der Waals surface area contributed by atoms with Gasteiger partial charge in [0.15, 0.2) is 0 Å². The molecule has 3 atom stereocenters. The molecule has 0 bridgehead atoms. The average molecular weight is 585 g/mol. The molecule has 2 aliphatic carbocycles. The summed E-state index contributed by atoms with van der Waals surface area (Å²) >= 11 is 0. The lowest BCUT2D eigenvalue weighted by molar-refractivity contribution is 0.111. The Labute approximate surface area is 262 Å². The number of rotatable bonds is 11. The van der Waals surface area contributed by atoms with Gasteiger partial charge in [-0.3, -0.25) is 0 Å². The maximum absolute atomic E-state index is 10.1. The van der Waals surface area contributed by atoms with Crippen LogP contribution in [0.1, 0.15) is 81.6 Å². The second-order valence-electron chi connectivity index (χ2n) is 13.7. The molecular formula is C40H56O3. The summed E-state index contributed by atoms with van der Waals surface area (Å²) in [5.41, 5.74) is 7.86. The van der Waals surface area contributed by atoms with Crippen molar-refractivity contribution in [3.05, 3.63) is 130 Å². The minimum absolute atomic E-state index is 0.00971. The highest BCUT2D eigenvalue weighted by Gasteiger charge is 2.34. The van der Waals surface area contributed by atoms with Gasteiger partial charge in [0, 0.05) is 5.92 Å². The van der Waals surface area contributed by atoms with E-state index in [0.29, 0.717) is 18.8 Å². The molecule has 0 spiro atoms. The van der Waals surface area contributed by atoms with Crippen molar-refractivity contribution >= 4 is 0 Å². The van der Waals surface area contributed by atoms with Crippen molar-refractivity contribution in [3.8, 4) is 0 Å². The van der Waals surface area contributed by atoms with E-state index in [9.17, 15) is 15.3 Å². The van der Waals surface area contributed by atoms with Gasteiger partial charge in [-0.15, -0.1) is 0 Å². The lowest BCUT2D eigenvalue weighted by Crippen LogP contribution is -2.32. The largest absolute Gasteiger partial charge is 0.393 e. The molecule has 0 amide bonds. The molecule has 234 valence electrons. The van der Waals surface area contributed by atoms with Crippen LogP contribution in [0.25, 0.3) is 0 Å². The van der Waals surface area contributed by atoms with Gasteiger partial charge >= 0.3 is 0 Å². The van der Waals surface area contributed by atoms with Crippen LogP contribution in [0.4, 0.5) is 0 Å². The molecule has 2 aliphatic rings. The summed E-state index contributed by atoms with van der Waals surface area (Å²) in [6.45, 7) is 19.2. The van der Waals surface area contributed by atoms with Gasteiger partial charge < -0.3 is 15.3 Å². The van der Waals surface area contributed by atoms with Crippen LogP contribution in [0.15, 0.2) is 130 Å². The average Bonchev–Trinajstić information content (AvgIpc) is 2.88. The van der Waals surface area contributed by atoms with E-state index in [1.54, 1.807) is 0 Å². The smallest absolute Gasteiger partial charge is 0.0729 e. The Morgan fingerprint density at radius 3 is 1.81 bits per heavy atom. The first kappa shape index (κ1) is 36.2. The standard InChI is InChI=1S/C40H56O3/c1-29(16-12-18-31(3)20-22-37-33(5)24-35(42)26-39(37,6)7)14-10-11-15-30(2)17-13-19-32(4)21-23-38-34(28-41)25-36(43)27-40(38,8)9/h10-24,35-37,41-43H,25-28H2,1-9H3/b11-10+,16-12+,17-13+,22-20+,23-21+,29-14+,30-15+,31-18+,32-19+/t35-,36-,37-/m0/s1. The van der Waals surface area contributed by atoms with Crippen LogP contribution >= 0.6 is 0 Å². The van der Waals surface area contributed by atoms with Gasteiger partial charge in [0.1, 0.15) is 0 Å². The van der Waals surface area contributed by atoms with E-state index in [1.807, 2.05) is 6.08 Å². The van der Waals surface area contributed by atoms with Crippen LogP contribution in [0.3, 0.4) is 0 Å². The SMILES string of the molecule is CC1=C[C@H](O)CC(C)(C)[C@H]1/C=C/C(C)=C/C=C/C(C)=C/C=C/C=C(C)/C=C/C=C(C)/C=C/C1=C(CO)C[C@H](O)CC1(C)C. The zero-order chi connectivity index (χ0) is 32.2. The summed E-state index contributed by atoms with van der Waals surface area (Å²) in [7, 11) is 0. The summed E-state index contributed by atoms with van der Waals surface area (Å²) in [4.78, 5) is 0. The fourth-order valence-corrected chi connectivity index (χ4v) is 6.10. The highest BCUT2D eigenvalue weighted by molar-refractivity contribution is 5.39. The van der Waals surface area contributed by atoms with Gasteiger partial charge in [0.25, 0.3) is 0 Å². The quantitative estimate of drug-likeness (QED) is 0.167. The Balaban J connectivity index is 1.91. The maximum atomic E-state index is 10.1. The Kier molecular flexibility index (Phi) is 14.1. The number of hydrogen-bond donors (Lipinski definition) is 3. The van der Waals surface area contributed by atoms with Gasteiger partial charge in [-0.1, -0.05) is 147 Å². The van der Waals surface area contributed by atoms with Crippen LogP contribution in [0, 0.1) is 16.7 Å². The summed E-state index contributed by atoms with van der Waals surface area (Å²) < 4.78 is 0. The normalized spacial score (nSPS) is 26.2. The second kappa shape index (κ2) is 16.8. The first-order chi connectivity index (χ1) is 20.1. The number of hydrogen-bond acceptors (Lipinski definition) is 3. The lowest BCUT2D eigenvalue weighted by atomic mass is 9.67. The molecule has 0 radical (unpaired) electrons. The third-order valence-corrected chi connectivity index (χ3v) is 8.38. The predicted octanol–water partition coefficient (Wildman–Crippen LogP) is 9.38. The van der Waals surface area contributed by atoms with E-state index < -0.39 is 0 Å². The molecule has 0 aromatic rings. The predicted molar refractivity (Wildman–Crippen MR) is 186 cm³/mol. The fourth-order valence-electron chi connectivity index (χ4n) is 6.10. The molecule has 0 unspecified atom stereocenters. The fraction of sp³-hybridized carbons (Fsp3) is 0.450. The molecule has 3 nitrogen and oxygen atoms in total. The summed E-state index contributed by atoms with van der Waals surface area (Å²) in [6.07, 6.45) is 32.8. The van der Waals surface area contributed by atoms with Crippen molar-refractivity contribution in [1.29, 1.82) is 0 Å². The molecule has 0 fully saturated rings. The van der Waals surface area contributed by atoms with Gasteiger partial charge in [-0.05, 0) is 75.9 Å². The minimum atomic E-state index is -0.382. The first-order valence-corrected chi connectivity index (χ1v) is 15.6. The van der Waals surface area contributed by atoms with E-state index in [1.165, 1.54) is 16.7 Å². The summed E-state index contributed by atoms with van der Waals surface area (Å²) in [5, 5.41) is 30.0. The van der Waals surface area contributed by atoms with Gasteiger partial charge in [0.2, 0.25) is 0 Å². The minimum Gasteiger partial charge on any atom is -0.393 e. The Bertz CT molecular complexity index is 1290. The number of aliphatic hydroxyl groups is 3. The highest BCUT2D eigenvalue weighted by atomic mass is 16.3. The Morgan fingerprint density at radius 1 is 0.767 bits per heavy atom. The van der Waals surface area contributed by atoms with Crippen molar-refractivity contribution in [3.63, 3.8) is 0 Å². The third kappa shape index (κ3) is 12.3. The van der Waals surface area contributed by atoms with Crippen molar-refractivity contribution < 1.29 is 15.3 Å². The van der Waals surface area contributed by atoms with E-state index in [4.69, 9.17) is 0 Å². The van der Waals surface area contributed by atoms with E-state index in [-0.39, 0.29) is 29.6 Å². The number of aliphatic hydroxyl groups excluding tert-OH is 3.